The van der Waals surface area contributed by atoms with Crippen molar-refractivity contribution in [3.8, 4) is 5.75 Å². The number of benzene rings is 1. The summed E-state index contributed by atoms with van der Waals surface area (Å²) in [5, 5.41) is 3.02. The van der Waals surface area contributed by atoms with E-state index >= 15 is 0 Å². The summed E-state index contributed by atoms with van der Waals surface area (Å²) in [6.07, 6.45) is 2.26. The van der Waals surface area contributed by atoms with Crippen LogP contribution in [0.5, 0.6) is 5.75 Å². The Hall–Kier alpha value is -1.55. The third-order valence-corrected chi connectivity index (χ3v) is 4.87. The van der Waals surface area contributed by atoms with E-state index in [0.29, 0.717) is 0 Å². The van der Waals surface area contributed by atoms with Crippen LogP contribution in [0.25, 0.3) is 0 Å². The average molecular weight is 318 g/mol. The first kappa shape index (κ1) is 17.8. The maximum Gasteiger partial charge on any atom is 0.234 e. The van der Waals surface area contributed by atoms with Gasteiger partial charge in [-0.05, 0) is 63.9 Å². The van der Waals surface area contributed by atoms with Gasteiger partial charge in [-0.2, -0.15) is 0 Å². The predicted molar refractivity (Wildman–Crippen MR) is 95.2 cm³/mol. The van der Waals surface area contributed by atoms with Gasteiger partial charge >= 0.3 is 0 Å². The van der Waals surface area contributed by atoms with Crippen molar-refractivity contribution in [1.29, 1.82) is 0 Å². The van der Waals surface area contributed by atoms with Crippen LogP contribution in [0.3, 0.4) is 0 Å². The second-order valence-electron chi connectivity index (χ2n) is 6.90. The molecule has 0 radical (unpaired) electrons. The zero-order valence-electron chi connectivity index (χ0n) is 15.3. The molecule has 0 bridgehead atoms. The van der Waals surface area contributed by atoms with E-state index in [1.807, 2.05) is 19.9 Å². The molecule has 0 saturated heterocycles. The Labute approximate surface area is 140 Å². The van der Waals surface area contributed by atoms with Gasteiger partial charge in [-0.25, -0.2) is 0 Å². The molecule has 0 fully saturated rings. The summed E-state index contributed by atoms with van der Waals surface area (Å²) < 4.78 is 5.46. The number of hydrogen-bond donors (Lipinski definition) is 1. The second-order valence-corrected chi connectivity index (χ2v) is 6.90. The molecule has 0 spiro atoms. The van der Waals surface area contributed by atoms with Crippen LogP contribution in [0.4, 0.5) is 5.69 Å². The maximum atomic E-state index is 12.4. The van der Waals surface area contributed by atoms with E-state index in [-0.39, 0.29) is 11.9 Å². The van der Waals surface area contributed by atoms with Gasteiger partial charge in [-0.3, -0.25) is 9.69 Å². The van der Waals surface area contributed by atoms with Crippen LogP contribution < -0.4 is 10.1 Å². The molecule has 0 aliphatic carbocycles. The number of anilines is 1. The van der Waals surface area contributed by atoms with Gasteiger partial charge in [0.1, 0.15) is 5.75 Å². The fourth-order valence-corrected chi connectivity index (χ4v) is 3.57. The Balaban J connectivity index is 2.52. The molecule has 4 heteroatoms. The largest absolute Gasteiger partial charge is 0.495 e. The number of rotatable bonds is 7. The first-order chi connectivity index (χ1) is 10.9. The molecule has 4 nitrogen and oxygen atoms in total. The van der Waals surface area contributed by atoms with Gasteiger partial charge in [0.25, 0.3) is 0 Å². The minimum Gasteiger partial charge on any atom is -0.495 e. The zero-order chi connectivity index (χ0) is 17.2. The SMILES string of the molecule is CCCN(CCC)C(C)c1ccc(OC)c2c1C(C)(C)C(=O)N2. The van der Waals surface area contributed by atoms with Crippen molar-refractivity contribution in [3.63, 3.8) is 0 Å². The Morgan fingerprint density at radius 2 is 1.83 bits per heavy atom. The third-order valence-electron chi connectivity index (χ3n) is 4.87. The summed E-state index contributed by atoms with van der Waals surface area (Å²) >= 11 is 0. The van der Waals surface area contributed by atoms with E-state index in [0.717, 1.165) is 42.9 Å². The monoisotopic (exact) mass is 318 g/mol. The van der Waals surface area contributed by atoms with Crippen molar-refractivity contribution in [2.45, 2.75) is 58.9 Å². The molecule has 1 aromatic rings. The molecule has 128 valence electrons. The number of amides is 1. The number of hydrogen-bond acceptors (Lipinski definition) is 3. The molecule has 1 amide bonds. The maximum absolute atomic E-state index is 12.4. The van der Waals surface area contributed by atoms with Gasteiger partial charge in [0.15, 0.2) is 0 Å². The quantitative estimate of drug-likeness (QED) is 0.822. The molecule has 0 saturated carbocycles. The lowest BCUT2D eigenvalue weighted by molar-refractivity contribution is -0.119. The number of ether oxygens (including phenoxy) is 1. The van der Waals surface area contributed by atoms with Crippen LogP contribution >= 0.6 is 0 Å². The number of carbonyl (C=O) groups excluding carboxylic acids is 1. The fourth-order valence-electron chi connectivity index (χ4n) is 3.57. The number of nitrogens with zero attached hydrogens (tertiary/aromatic N) is 1. The Morgan fingerprint density at radius 3 is 2.35 bits per heavy atom. The van der Waals surface area contributed by atoms with Crippen LogP contribution in [0.2, 0.25) is 0 Å². The van der Waals surface area contributed by atoms with E-state index in [1.165, 1.54) is 5.56 Å². The molecule has 1 atom stereocenters. The predicted octanol–water partition coefficient (Wildman–Crippen LogP) is 4.11. The Morgan fingerprint density at radius 1 is 1.22 bits per heavy atom. The van der Waals surface area contributed by atoms with Crippen LogP contribution in [-0.2, 0) is 10.2 Å². The van der Waals surface area contributed by atoms with Crippen LogP contribution in [0, 0.1) is 0 Å². The molecule has 1 aliphatic rings. The molecule has 1 aliphatic heterocycles. The van der Waals surface area contributed by atoms with Gasteiger partial charge in [-0.1, -0.05) is 19.9 Å². The molecule has 1 unspecified atom stereocenters. The van der Waals surface area contributed by atoms with Crippen LogP contribution in [-0.4, -0.2) is 31.0 Å². The van der Waals surface area contributed by atoms with Gasteiger partial charge in [0, 0.05) is 6.04 Å². The molecule has 1 heterocycles. The van der Waals surface area contributed by atoms with E-state index in [2.05, 4.69) is 37.1 Å². The van der Waals surface area contributed by atoms with E-state index in [4.69, 9.17) is 4.74 Å². The first-order valence-corrected chi connectivity index (χ1v) is 8.65. The molecule has 0 aromatic heterocycles. The van der Waals surface area contributed by atoms with E-state index < -0.39 is 5.41 Å². The highest BCUT2D eigenvalue weighted by atomic mass is 16.5. The normalized spacial score (nSPS) is 17.1. The second kappa shape index (κ2) is 6.91. The van der Waals surface area contributed by atoms with Crippen molar-refractivity contribution >= 4 is 11.6 Å². The van der Waals surface area contributed by atoms with Crippen LogP contribution in [0.15, 0.2) is 12.1 Å². The highest BCUT2D eigenvalue weighted by Crippen LogP contribution is 2.47. The van der Waals surface area contributed by atoms with E-state index in [9.17, 15) is 4.79 Å². The minimum absolute atomic E-state index is 0.0444. The van der Waals surface area contributed by atoms with Crippen LogP contribution in [0.1, 0.15) is 64.6 Å². The summed E-state index contributed by atoms with van der Waals surface area (Å²) in [7, 11) is 1.65. The summed E-state index contributed by atoms with van der Waals surface area (Å²) in [6.45, 7) is 12.8. The topological polar surface area (TPSA) is 41.6 Å². The lowest BCUT2D eigenvalue weighted by Crippen LogP contribution is -2.32. The third kappa shape index (κ3) is 3.09. The molecule has 1 aromatic carbocycles. The number of nitrogens with one attached hydrogen (secondary N) is 1. The molecular formula is C19H30N2O2. The highest BCUT2D eigenvalue weighted by Gasteiger charge is 2.43. The molecule has 2 rings (SSSR count). The highest BCUT2D eigenvalue weighted by molar-refractivity contribution is 6.07. The first-order valence-electron chi connectivity index (χ1n) is 8.65. The summed E-state index contributed by atoms with van der Waals surface area (Å²) in [5.41, 5.74) is 2.63. The lowest BCUT2D eigenvalue weighted by Gasteiger charge is -2.32. The summed E-state index contributed by atoms with van der Waals surface area (Å²) in [4.78, 5) is 14.9. The Bertz CT molecular complexity index is 575. The van der Waals surface area contributed by atoms with Crippen molar-refractivity contribution in [2.24, 2.45) is 0 Å². The Kier molecular flexibility index (Phi) is 5.35. The van der Waals surface area contributed by atoms with Gasteiger partial charge in [0.05, 0.1) is 18.2 Å². The lowest BCUT2D eigenvalue weighted by atomic mass is 9.81. The molecule has 23 heavy (non-hydrogen) atoms. The summed E-state index contributed by atoms with van der Waals surface area (Å²) in [5.74, 6) is 0.787. The van der Waals surface area contributed by atoms with Crippen molar-refractivity contribution < 1.29 is 9.53 Å². The minimum atomic E-state index is -0.530. The number of fused-ring (bicyclic) bond motifs is 1. The summed E-state index contributed by atoms with van der Waals surface area (Å²) in [6, 6.07) is 4.38. The average Bonchev–Trinajstić information content (AvgIpc) is 2.76. The van der Waals surface area contributed by atoms with Crippen molar-refractivity contribution in [2.75, 3.05) is 25.5 Å². The number of carbonyl (C=O) groups is 1. The standard InChI is InChI=1S/C19H30N2O2/c1-7-11-21(12-8-2)13(3)14-9-10-15(23-6)17-16(14)19(4,5)18(22)20-17/h9-10,13H,7-8,11-12H2,1-6H3,(H,20,22). The smallest absolute Gasteiger partial charge is 0.234 e. The zero-order valence-corrected chi connectivity index (χ0v) is 15.3. The van der Waals surface area contributed by atoms with Gasteiger partial charge in [-0.15, -0.1) is 0 Å². The molecular weight excluding hydrogens is 288 g/mol. The fraction of sp³-hybridized carbons (Fsp3) is 0.632. The van der Waals surface area contributed by atoms with Gasteiger partial charge in [0.2, 0.25) is 5.91 Å². The molecule has 1 N–H and O–H groups in total. The number of methoxy groups -OCH3 is 1. The van der Waals surface area contributed by atoms with Gasteiger partial charge < -0.3 is 10.1 Å². The van der Waals surface area contributed by atoms with E-state index in [1.54, 1.807) is 7.11 Å². The van der Waals surface area contributed by atoms with Crippen molar-refractivity contribution in [3.05, 3.63) is 23.3 Å². The van der Waals surface area contributed by atoms with Crippen molar-refractivity contribution in [1.82, 2.24) is 4.90 Å².